The first-order valence-electron chi connectivity index (χ1n) is 8.47. The van der Waals surface area contributed by atoms with Gasteiger partial charge in [0.05, 0.1) is 0 Å². The van der Waals surface area contributed by atoms with E-state index in [0.29, 0.717) is 35.1 Å². The van der Waals surface area contributed by atoms with Crippen molar-refractivity contribution in [3.63, 3.8) is 0 Å². The highest BCUT2D eigenvalue weighted by Gasteiger charge is 2.11. The number of halogens is 2. The van der Waals surface area contributed by atoms with E-state index in [-0.39, 0.29) is 17.5 Å². The zero-order valence-electron chi connectivity index (χ0n) is 14.5. The number of nitrogens with one attached hydrogen (secondary N) is 2. The lowest BCUT2D eigenvalue weighted by molar-refractivity contribution is 0.0949. The molecule has 0 aliphatic carbocycles. The van der Waals surface area contributed by atoms with Crippen LogP contribution in [-0.4, -0.2) is 29.9 Å². The molecule has 2 aromatic rings. The molecule has 138 valence electrons. The molecule has 0 aliphatic rings. The third kappa shape index (κ3) is 6.00. The maximum Gasteiger partial charge on any atom is 0.269 e. The van der Waals surface area contributed by atoms with Gasteiger partial charge < -0.3 is 10.6 Å². The number of unbranched alkanes of at least 4 members (excludes halogenated alkanes) is 1. The van der Waals surface area contributed by atoms with Crippen LogP contribution in [0.25, 0.3) is 0 Å². The van der Waals surface area contributed by atoms with Crippen LogP contribution in [0.3, 0.4) is 0 Å². The molecule has 1 aromatic carbocycles. The van der Waals surface area contributed by atoms with Gasteiger partial charge >= 0.3 is 0 Å². The number of amides is 2. The summed E-state index contributed by atoms with van der Waals surface area (Å²) in [6.07, 6.45) is 3.94. The molecule has 0 saturated heterocycles. The Kier molecular flexibility index (Phi) is 7.88. The summed E-state index contributed by atoms with van der Waals surface area (Å²) in [4.78, 5) is 28.3. The standard InChI is InChI=1S/C19H21Cl2N3O2/c1-2-3-8-23-18(25)14-7-9-22-17(11-14)19(26)24-10-6-13-4-5-15(20)12-16(13)21/h4-5,7,9,11-12H,2-3,6,8,10H2,1H3,(H,23,25)(H,24,26). The van der Waals surface area contributed by atoms with Crippen LogP contribution in [-0.2, 0) is 6.42 Å². The van der Waals surface area contributed by atoms with Crippen molar-refractivity contribution in [3.8, 4) is 0 Å². The lowest BCUT2D eigenvalue weighted by Crippen LogP contribution is -2.28. The van der Waals surface area contributed by atoms with E-state index < -0.39 is 0 Å². The van der Waals surface area contributed by atoms with Gasteiger partial charge in [0.1, 0.15) is 5.69 Å². The second-order valence-corrected chi connectivity index (χ2v) is 6.62. The van der Waals surface area contributed by atoms with Gasteiger partial charge in [-0.1, -0.05) is 42.6 Å². The average molecular weight is 394 g/mol. The molecule has 0 saturated carbocycles. The molecule has 0 bridgehead atoms. The number of hydrogen-bond acceptors (Lipinski definition) is 3. The highest BCUT2D eigenvalue weighted by Crippen LogP contribution is 2.21. The number of carbonyl (C=O) groups is 2. The van der Waals surface area contributed by atoms with Gasteiger partial charge in [-0.25, -0.2) is 0 Å². The summed E-state index contributed by atoms with van der Waals surface area (Å²) in [6, 6.07) is 8.34. The lowest BCUT2D eigenvalue weighted by atomic mass is 10.1. The van der Waals surface area contributed by atoms with Gasteiger partial charge in [-0.05, 0) is 42.7 Å². The molecule has 0 aliphatic heterocycles. The predicted octanol–water partition coefficient (Wildman–Crippen LogP) is 3.89. The van der Waals surface area contributed by atoms with Crippen molar-refractivity contribution >= 4 is 35.0 Å². The quantitative estimate of drug-likeness (QED) is 0.668. The van der Waals surface area contributed by atoms with Crippen LogP contribution in [0.2, 0.25) is 10.0 Å². The van der Waals surface area contributed by atoms with Crippen LogP contribution < -0.4 is 10.6 Å². The Morgan fingerprint density at radius 1 is 1.04 bits per heavy atom. The first kappa shape index (κ1) is 20.2. The molecule has 26 heavy (non-hydrogen) atoms. The molecule has 0 unspecified atom stereocenters. The smallest absolute Gasteiger partial charge is 0.269 e. The van der Waals surface area contributed by atoms with E-state index in [1.54, 1.807) is 18.2 Å². The van der Waals surface area contributed by atoms with Crippen molar-refractivity contribution in [3.05, 3.63) is 63.4 Å². The SMILES string of the molecule is CCCCNC(=O)c1ccnc(C(=O)NCCc2ccc(Cl)cc2Cl)c1. The summed E-state index contributed by atoms with van der Waals surface area (Å²) >= 11 is 12.0. The number of aromatic nitrogens is 1. The van der Waals surface area contributed by atoms with Crippen LogP contribution in [0.5, 0.6) is 0 Å². The second-order valence-electron chi connectivity index (χ2n) is 5.78. The van der Waals surface area contributed by atoms with Gasteiger partial charge in [0.2, 0.25) is 0 Å². The van der Waals surface area contributed by atoms with Crippen LogP contribution in [0.15, 0.2) is 36.5 Å². The Morgan fingerprint density at radius 2 is 1.81 bits per heavy atom. The van der Waals surface area contributed by atoms with Gasteiger partial charge in [-0.2, -0.15) is 0 Å². The van der Waals surface area contributed by atoms with E-state index in [1.807, 2.05) is 6.07 Å². The Bertz CT molecular complexity index is 781. The number of pyridine rings is 1. The molecule has 2 amide bonds. The summed E-state index contributed by atoms with van der Waals surface area (Å²) < 4.78 is 0. The monoisotopic (exact) mass is 393 g/mol. The Balaban J connectivity index is 1.90. The first-order valence-corrected chi connectivity index (χ1v) is 9.23. The minimum absolute atomic E-state index is 0.204. The van der Waals surface area contributed by atoms with Crippen molar-refractivity contribution in [2.75, 3.05) is 13.1 Å². The molecule has 7 heteroatoms. The summed E-state index contributed by atoms with van der Waals surface area (Å²) in [5.74, 6) is -0.541. The number of benzene rings is 1. The zero-order valence-corrected chi connectivity index (χ0v) is 16.0. The minimum atomic E-state index is -0.335. The maximum absolute atomic E-state index is 12.2. The van der Waals surface area contributed by atoms with E-state index in [1.165, 1.54) is 12.3 Å². The fraction of sp³-hybridized carbons (Fsp3) is 0.316. The molecule has 2 rings (SSSR count). The van der Waals surface area contributed by atoms with E-state index in [4.69, 9.17) is 23.2 Å². The third-order valence-corrected chi connectivity index (χ3v) is 4.35. The summed E-state index contributed by atoms with van der Waals surface area (Å²) in [5, 5.41) is 6.74. The summed E-state index contributed by atoms with van der Waals surface area (Å²) in [5.41, 5.74) is 1.52. The topological polar surface area (TPSA) is 71.1 Å². The Hall–Kier alpha value is -2.11. The van der Waals surface area contributed by atoms with Crippen molar-refractivity contribution in [1.82, 2.24) is 15.6 Å². The fourth-order valence-electron chi connectivity index (χ4n) is 2.30. The molecule has 0 spiro atoms. The van der Waals surface area contributed by atoms with Crippen molar-refractivity contribution < 1.29 is 9.59 Å². The molecule has 1 heterocycles. The second kappa shape index (κ2) is 10.1. The summed E-state index contributed by atoms with van der Waals surface area (Å²) in [7, 11) is 0. The van der Waals surface area contributed by atoms with Crippen LogP contribution in [0.1, 0.15) is 46.2 Å². The van der Waals surface area contributed by atoms with Crippen molar-refractivity contribution in [2.45, 2.75) is 26.2 Å². The van der Waals surface area contributed by atoms with E-state index in [9.17, 15) is 9.59 Å². The number of hydrogen-bond donors (Lipinski definition) is 2. The van der Waals surface area contributed by atoms with E-state index in [2.05, 4.69) is 22.5 Å². The summed E-state index contributed by atoms with van der Waals surface area (Å²) in [6.45, 7) is 3.06. The Labute approximate surface area is 163 Å². The number of carbonyl (C=O) groups excluding carboxylic acids is 2. The largest absolute Gasteiger partial charge is 0.352 e. The van der Waals surface area contributed by atoms with Crippen molar-refractivity contribution in [1.29, 1.82) is 0 Å². The average Bonchev–Trinajstić information content (AvgIpc) is 2.63. The van der Waals surface area contributed by atoms with Gasteiger partial charge in [0.15, 0.2) is 0 Å². The predicted molar refractivity (Wildman–Crippen MR) is 104 cm³/mol. The number of nitrogens with zero attached hydrogens (tertiary/aromatic N) is 1. The molecule has 0 radical (unpaired) electrons. The fourth-order valence-corrected chi connectivity index (χ4v) is 2.81. The lowest BCUT2D eigenvalue weighted by Gasteiger charge is -2.08. The van der Waals surface area contributed by atoms with Gasteiger partial charge in [0.25, 0.3) is 11.8 Å². The molecule has 1 aromatic heterocycles. The molecule has 0 fully saturated rings. The van der Waals surface area contributed by atoms with Gasteiger partial charge in [-0.15, -0.1) is 0 Å². The number of rotatable bonds is 8. The molecule has 0 atom stereocenters. The van der Waals surface area contributed by atoms with Crippen LogP contribution in [0.4, 0.5) is 0 Å². The Morgan fingerprint density at radius 3 is 2.54 bits per heavy atom. The van der Waals surface area contributed by atoms with Crippen molar-refractivity contribution in [2.24, 2.45) is 0 Å². The highest BCUT2D eigenvalue weighted by atomic mass is 35.5. The molecule has 5 nitrogen and oxygen atoms in total. The van der Waals surface area contributed by atoms with Crippen LogP contribution in [0, 0.1) is 0 Å². The molecule has 2 N–H and O–H groups in total. The van der Waals surface area contributed by atoms with Gasteiger partial charge in [0, 0.05) is 34.9 Å². The molecular formula is C19H21Cl2N3O2. The minimum Gasteiger partial charge on any atom is -0.352 e. The zero-order chi connectivity index (χ0) is 18.9. The van der Waals surface area contributed by atoms with E-state index >= 15 is 0 Å². The normalized spacial score (nSPS) is 10.4. The van der Waals surface area contributed by atoms with E-state index in [0.717, 1.165) is 18.4 Å². The molecular weight excluding hydrogens is 373 g/mol. The maximum atomic E-state index is 12.2. The highest BCUT2D eigenvalue weighted by molar-refractivity contribution is 6.35. The third-order valence-electron chi connectivity index (χ3n) is 3.77. The van der Waals surface area contributed by atoms with Gasteiger partial charge in [-0.3, -0.25) is 14.6 Å². The van der Waals surface area contributed by atoms with Crippen LogP contribution >= 0.6 is 23.2 Å². The first-order chi connectivity index (χ1) is 12.5.